The molecule has 0 amide bonds. The summed E-state index contributed by atoms with van der Waals surface area (Å²) in [5, 5.41) is 15.2. The SMILES string of the molecule is N#Cc1cc(-n2c3ccccc3c3cc4c(cc32)C2(c3ccccc3-c3ccccc32)c2ccccc2-4)c2oc3ccccc3c2c1-c1nc(-c2ccccc2)nc(-c2ccccc2)n1. The van der Waals surface area contributed by atoms with Gasteiger partial charge in [0.2, 0.25) is 0 Å². The molecule has 2 aliphatic carbocycles. The second-order valence-corrected chi connectivity index (χ2v) is 16.9. The van der Waals surface area contributed by atoms with Crippen LogP contribution >= 0.6 is 0 Å². The topological polar surface area (TPSA) is 80.5 Å². The van der Waals surface area contributed by atoms with Gasteiger partial charge in [-0.05, 0) is 74.8 Å². The standard InChI is InChI=1S/C59H33N5O/c60-34-37-31-51(55-54(42-25-11-16-30-52(42)65-55)53(37)58-62-56(35-17-3-1-4-18-35)61-57(63-58)36-19-5-2-6-20-36)64-49-29-15-10-24-41(49)44-32-43-40-23-9-14-28-47(40)59(48(43)33-50(44)64)45-26-12-7-21-38(45)39-22-8-13-27-46(39)59/h1-33H. The Kier molecular flexibility index (Phi) is 7.29. The van der Waals surface area contributed by atoms with Crippen molar-refractivity contribution < 1.29 is 4.42 Å². The van der Waals surface area contributed by atoms with Gasteiger partial charge in [-0.3, -0.25) is 0 Å². The highest BCUT2D eigenvalue weighted by Crippen LogP contribution is 2.63. The normalized spacial score (nSPS) is 13.0. The van der Waals surface area contributed by atoms with Gasteiger partial charge < -0.3 is 8.98 Å². The summed E-state index contributed by atoms with van der Waals surface area (Å²) in [5.74, 6) is 1.44. The van der Waals surface area contributed by atoms with Crippen LogP contribution in [0.4, 0.5) is 0 Å². The minimum atomic E-state index is -0.531. The average molecular weight is 828 g/mol. The highest BCUT2D eigenvalue weighted by molar-refractivity contribution is 6.18. The van der Waals surface area contributed by atoms with E-state index in [0.717, 1.165) is 49.4 Å². The number of hydrogen-bond donors (Lipinski definition) is 0. The fraction of sp³-hybridized carbons (Fsp3) is 0.0169. The first-order chi connectivity index (χ1) is 32.2. The lowest BCUT2D eigenvalue weighted by molar-refractivity contribution is 0.666. The van der Waals surface area contributed by atoms with E-state index in [1.54, 1.807) is 0 Å². The van der Waals surface area contributed by atoms with Gasteiger partial charge in [-0.1, -0.05) is 170 Å². The van der Waals surface area contributed by atoms with Gasteiger partial charge in [-0.15, -0.1) is 0 Å². The zero-order valence-electron chi connectivity index (χ0n) is 34.7. The molecule has 1 spiro atoms. The summed E-state index contributed by atoms with van der Waals surface area (Å²) in [5.41, 5.74) is 16.4. The molecule has 0 unspecified atom stereocenters. The van der Waals surface area contributed by atoms with E-state index in [4.69, 9.17) is 19.4 Å². The van der Waals surface area contributed by atoms with Crippen molar-refractivity contribution in [3.05, 3.63) is 228 Å². The van der Waals surface area contributed by atoms with E-state index in [1.165, 1.54) is 44.5 Å². The lowest BCUT2D eigenvalue weighted by Crippen LogP contribution is -2.25. The number of hydrogen-bond acceptors (Lipinski definition) is 5. The average Bonchev–Trinajstić information content (AvgIpc) is 4.09. The number of fused-ring (bicyclic) bond motifs is 16. The molecule has 0 aliphatic heterocycles. The Hall–Kier alpha value is -8.92. The quantitative estimate of drug-likeness (QED) is 0.176. The highest BCUT2D eigenvalue weighted by atomic mass is 16.3. The molecule has 6 heteroatoms. The zero-order chi connectivity index (χ0) is 42.8. The van der Waals surface area contributed by atoms with Crippen LogP contribution in [0.25, 0.3) is 106 Å². The number of rotatable bonds is 4. The van der Waals surface area contributed by atoms with Crippen molar-refractivity contribution >= 4 is 43.7 Å². The number of nitrogens with zero attached hydrogens (tertiary/aromatic N) is 5. The van der Waals surface area contributed by atoms with Gasteiger partial charge in [0.05, 0.1) is 33.8 Å². The van der Waals surface area contributed by atoms with E-state index >= 15 is 0 Å². The zero-order valence-corrected chi connectivity index (χ0v) is 34.7. The first kappa shape index (κ1) is 35.7. The lowest BCUT2D eigenvalue weighted by Gasteiger charge is -2.30. The van der Waals surface area contributed by atoms with Gasteiger partial charge >= 0.3 is 0 Å². The third-order valence-electron chi connectivity index (χ3n) is 13.7. The summed E-state index contributed by atoms with van der Waals surface area (Å²) in [6, 6.07) is 72.6. The van der Waals surface area contributed by atoms with Gasteiger partial charge in [-0.2, -0.15) is 5.26 Å². The minimum absolute atomic E-state index is 0.399. The summed E-state index contributed by atoms with van der Waals surface area (Å²) in [6.07, 6.45) is 0. The smallest absolute Gasteiger partial charge is 0.166 e. The lowest BCUT2D eigenvalue weighted by atomic mass is 9.70. The Morgan fingerprint density at radius 3 is 1.60 bits per heavy atom. The summed E-state index contributed by atoms with van der Waals surface area (Å²) >= 11 is 0. The Morgan fingerprint density at radius 2 is 0.969 bits per heavy atom. The van der Waals surface area contributed by atoms with Crippen molar-refractivity contribution in [2.75, 3.05) is 0 Å². The molecule has 14 rings (SSSR count). The summed E-state index contributed by atoms with van der Waals surface area (Å²) < 4.78 is 9.33. The Bertz CT molecular complexity index is 3920. The molecule has 0 fully saturated rings. The second kappa shape index (κ2) is 13.3. The minimum Gasteiger partial charge on any atom is -0.454 e. The maximum Gasteiger partial charge on any atom is 0.166 e. The number of nitriles is 1. The molecular weight excluding hydrogens is 795 g/mol. The van der Waals surface area contributed by atoms with E-state index in [1.807, 2.05) is 84.9 Å². The van der Waals surface area contributed by atoms with E-state index in [0.29, 0.717) is 39.8 Å². The van der Waals surface area contributed by atoms with Gasteiger partial charge in [0.25, 0.3) is 0 Å². The van der Waals surface area contributed by atoms with Gasteiger partial charge in [-0.25, -0.2) is 15.0 Å². The van der Waals surface area contributed by atoms with E-state index in [-0.39, 0.29) is 0 Å². The molecule has 12 aromatic rings. The van der Waals surface area contributed by atoms with Gasteiger partial charge in [0, 0.05) is 38.2 Å². The van der Waals surface area contributed by atoms with Crippen molar-refractivity contribution in [1.29, 1.82) is 5.26 Å². The third-order valence-corrected chi connectivity index (χ3v) is 13.7. The fourth-order valence-corrected chi connectivity index (χ4v) is 11.1. The van der Waals surface area contributed by atoms with Gasteiger partial charge in [0.15, 0.2) is 23.1 Å². The van der Waals surface area contributed by atoms with Crippen LogP contribution in [0, 0.1) is 11.3 Å². The highest BCUT2D eigenvalue weighted by Gasteiger charge is 2.51. The maximum atomic E-state index is 11.4. The fourth-order valence-electron chi connectivity index (χ4n) is 11.1. The monoisotopic (exact) mass is 827 g/mol. The third kappa shape index (κ3) is 4.79. The number of furan rings is 1. The van der Waals surface area contributed by atoms with E-state index in [9.17, 15) is 5.26 Å². The van der Waals surface area contributed by atoms with Crippen LogP contribution in [0.3, 0.4) is 0 Å². The first-order valence-electron chi connectivity index (χ1n) is 21.8. The molecule has 3 aromatic heterocycles. The van der Waals surface area contributed by atoms with E-state index < -0.39 is 5.41 Å². The molecule has 0 saturated heterocycles. The van der Waals surface area contributed by atoms with Crippen molar-refractivity contribution in [3.63, 3.8) is 0 Å². The van der Waals surface area contributed by atoms with Crippen LogP contribution in [0.1, 0.15) is 27.8 Å². The summed E-state index contributed by atoms with van der Waals surface area (Å²) in [6.45, 7) is 0. The molecular formula is C59H33N5O. The molecule has 0 N–H and O–H groups in total. The van der Waals surface area contributed by atoms with Crippen LogP contribution < -0.4 is 0 Å². The van der Waals surface area contributed by atoms with Crippen molar-refractivity contribution in [3.8, 4) is 68.2 Å². The number of para-hydroxylation sites is 2. The molecule has 0 bridgehead atoms. The largest absolute Gasteiger partial charge is 0.454 e. The molecule has 2 aliphatic rings. The van der Waals surface area contributed by atoms with Gasteiger partial charge in [0.1, 0.15) is 5.58 Å². The van der Waals surface area contributed by atoms with Crippen molar-refractivity contribution in [2.45, 2.75) is 5.41 Å². The van der Waals surface area contributed by atoms with Crippen molar-refractivity contribution in [1.82, 2.24) is 19.5 Å². The maximum absolute atomic E-state index is 11.4. The Morgan fingerprint density at radius 1 is 0.446 bits per heavy atom. The van der Waals surface area contributed by atoms with Crippen molar-refractivity contribution in [2.24, 2.45) is 0 Å². The van der Waals surface area contributed by atoms with Crippen LogP contribution in [-0.4, -0.2) is 19.5 Å². The predicted octanol–water partition coefficient (Wildman–Crippen LogP) is 14.1. The van der Waals surface area contributed by atoms with Crippen LogP contribution in [0.15, 0.2) is 205 Å². The molecule has 0 radical (unpaired) electrons. The first-order valence-corrected chi connectivity index (χ1v) is 21.8. The van der Waals surface area contributed by atoms with Crippen LogP contribution in [-0.2, 0) is 5.41 Å². The molecule has 65 heavy (non-hydrogen) atoms. The van der Waals surface area contributed by atoms with E-state index in [2.05, 4.69) is 126 Å². The Balaban J connectivity index is 1.10. The summed E-state index contributed by atoms with van der Waals surface area (Å²) in [7, 11) is 0. The van der Waals surface area contributed by atoms with Crippen LogP contribution in [0.2, 0.25) is 0 Å². The number of benzene rings is 9. The molecule has 0 saturated carbocycles. The number of aromatic nitrogens is 4. The molecule has 300 valence electrons. The Labute approximate surface area is 373 Å². The molecule has 9 aromatic carbocycles. The van der Waals surface area contributed by atoms with Crippen LogP contribution in [0.5, 0.6) is 0 Å². The summed E-state index contributed by atoms with van der Waals surface area (Å²) in [4.78, 5) is 15.3. The molecule has 6 nitrogen and oxygen atoms in total. The molecule has 0 atom stereocenters. The predicted molar refractivity (Wildman–Crippen MR) is 259 cm³/mol. The second-order valence-electron chi connectivity index (χ2n) is 16.9. The molecule has 3 heterocycles.